The summed E-state index contributed by atoms with van der Waals surface area (Å²) in [4.78, 5) is 28.9. The number of aliphatic hydroxyl groups is 1. The van der Waals surface area contributed by atoms with Crippen molar-refractivity contribution in [3.63, 3.8) is 0 Å². The second kappa shape index (κ2) is 9.44. The molecule has 6 rings (SSSR count). The minimum Gasteiger partial charge on any atom is -0.392 e. The molecule has 4 saturated carbocycles. The Morgan fingerprint density at radius 3 is 1.52 bits per heavy atom. The van der Waals surface area contributed by atoms with Crippen molar-refractivity contribution in [2.24, 2.45) is 39.4 Å². The van der Waals surface area contributed by atoms with Crippen LogP contribution in [-0.2, 0) is 9.59 Å². The normalized spacial score (nSPS) is 36.2. The minimum atomic E-state index is -0.824. The molecule has 0 radical (unpaired) electrons. The Kier molecular flexibility index (Phi) is 6.49. The summed E-state index contributed by atoms with van der Waals surface area (Å²) in [6.45, 7) is 11.1. The molecule has 4 bridgehead atoms. The zero-order valence-corrected chi connectivity index (χ0v) is 24.7. The van der Waals surface area contributed by atoms with Crippen molar-refractivity contribution in [1.29, 1.82) is 0 Å². The van der Waals surface area contributed by atoms with Gasteiger partial charge in [-0.25, -0.2) is 0 Å². The monoisotopic (exact) mass is 542 g/mol. The van der Waals surface area contributed by atoms with E-state index in [1.165, 1.54) is 0 Å². The van der Waals surface area contributed by atoms with Crippen LogP contribution in [0.3, 0.4) is 0 Å². The molecule has 0 unspecified atom stereocenters. The third kappa shape index (κ3) is 3.62. The molecule has 214 valence electrons. The van der Waals surface area contributed by atoms with Crippen molar-refractivity contribution in [3.05, 3.63) is 71.8 Å². The number of rotatable bonds is 7. The lowest BCUT2D eigenvalue weighted by Gasteiger charge is -2.43. The van der Waals surface area contributed by atoms with Crippen molar-refractivity contribution in [1.82, 2.24) is 10.6 Å². The molecule has 4 aliphatic carbocycles. The highest BCUT2D eigenvalue weighted by Crippen LogP contribution is 2.69. The zero-order chi connectivity index (χ0) is 28.5. The van der Waals surface area contributed by atoms with Gasteiger partial charge in [0.25, 0.3) is 0 Å². The maximum atomic E-state index is 14.5. The van der Waals surface area contributed by atoms with Crippen LogP contribution >= 0.6 is 0 Å². The van der Waals surface area contributed by atoms with Gasteiger partial charge in [-0.2, -0.15) is 0 Å². The molecule has 0 saturated heterocycles. The Morgan fingerprint density at radius 2 is 1.15 bits per heavy atom. The van der Waals surface area contributed by atoms with Crippen LogP contribution in [-0.4, -0.2) is 23.0 Å². The number of carbonyl (C=O) groups is 2. The molecule has 0 aromatic heterocycles. The molecular weight excluding hydrogens is 496 g/mol. The Morgan fingerprint density at radius 1 is 0.725 bits per heavy atom. The fourth-order valence-electron chi connectivity index (χ4n) is 10.1. The van der Waals surface area contributed by atoms with Gasteiger partial charge in [0.05, 0.1) is 29.0 Å². The number of hydrogen-bond acceptors (Lipinski definition) is 3. The predicted octanol–water partition coefficient (Wildman–Crippen LogP) is 6.35. The topological polar surface area (TPSA) is 78.4 Å². The van der Waals surface area contributed by atoms with Crippen molar-refractivity contribution < 1.29 is 14.7 Å². The van der Waals surface area contributed by atoms with E-state index in [2.05, 4.69) is 45.3 Å². The van der Waals surface area contributed by atoms with E-state index in [0.717, 1.165) is 36.8 Å². The van der Waals surface area contributed by atoms with Crippen LogP contribution in [0.2, 0.25) is 0 Å². The number of carbonyl (C=O) groups excluding carboxylic acids is 2. The second-order valence-corrected chi connectivity index (χ2v) is 14.5. The van der Waals surface area contributed by atoms with Crippen LogP contribution in [0, 0.1) is 39.4 Å². The van der Waals surface area contributed by atoms with E-state index in [4.69, 9.17) is 0 Å². The first-order valence-corrected chi connectivity index (χ1v) is 15.4. The van der Waals surface area contributed by atoms with Crippen molar-refractivity contribution in [2.75, 3.05) is 0 Å². The Balaban J connectivity index is 1.40. The summed E-state index contributed by atoms with van der Waals surface area (Å²) in [5, 5.41) is 18.2. The van der Waals surface area contributed by atoms with Gasteiger partial charge in [0.1, 0.15) is 0 Å². The molecule has 0 heterocycles. The quantitative estimate of drug-likeness (QED) is 0.381. The molecule has 8 atom stereocenters. The molecule has 4 fully saturated rings. The van der Waals surface area contributed by atoms with Crippen LogP contribution in [0.4, 0.5) is 0 Å². The maximum absolute atomic E-state index is 14.5. The number of amides is 2. The van der Waals surface area contributed by atoms with Gasteiger partial charge in [0.15, 0.2) is 0 Å². The van der Waals surface area contributed by atoms with E-state index in [9.17, 15) is 14.7 Å². The molecule has 40 heavy (non-hydrogen) atoms. The summed E-state index contributed by atoms with van der Waals surface area (Å²) >= 11 is 0. The minimum absolute atomic E-state index is 0.0704. The number of aliphatic hydroxyl groups excluding tert-OH is 1. The number of fused-ring (bicyclic) bond motifs is 4. The molecule has 2 aromatic rings. The smallest absolute Gasteiger partial charge is 0.229 e. The van der Waals surface area contributed by atoms with E-state index >= 15 is 0 Å². The second-order valence-electron chi connectivity index (χ2n) is 14.5. The molecule has 5 nitrogen and oxygen atoms in total. The van der Waals surface area contributed by atoms with Crippen molar-refractivity contribution in [2.45, 2.75) is 91.3 Å². The first-order chi connectivity index (χ1) is 19.0. The highest BCUT2D eigenvalue weighted by atomic mass is 16.3. The first-order valence-electron chi connectivity index (χ1n) is 15.4. The Bertz CT molecular complexity index is 1170. The van der Waals surface area contributed by atoms with Gasteiger partial charge in [-0.15, -0.1) is 0 Å². The van der Waals surface area contributed by atoms with Gasteiger partial charge in [0.2, 0.25) is 11.8 Å². The van der Waals surface area contributed by atoms with E-state index in [1.54, 1.807) is 0 Å². The lowest BCUT2D eigenvalue weighted by Crippen LogP contribution is -2.55. The van der Waals surface area contributed by atoms with Crippen LogP contribution < -0.4 is 10.6 Å². The van der Waals surface area contributed by atoms with Crippen LogP contribution in [0.1, 0.15) is 96.4 Å². The van der Waals surface area contributed by atoms with Gasteiger partial charge in [-0.05, 0) is 78.2 Å². The molecule has 0 aliphatic heterocycles. The van der Waals surface area contributed by atoms with Gasteiger partial charge < -0.3 is 15.7 Å². The van der Waals surface area contributed by atoms with Gasteiger partial charge in [-0.1, -0.05) is 95.3 Å². The van der Waals surface area contributed by atoms with Crippen LogP contribution in [0.25, 0.3) is 0 Å². The van der Waals surface area contributed by atoms with E-state index in [0.29, 0.717) is 30.6 Å². The molecule has 3 N–H and O–H groups in total. The molecule has 5 heteroatoms. The predicted molar refractivity (Wildman–Crippen MR) is 157 cm³/mol. The van der Waals surface area contributed by atoms with Gasteiger partial charge in [-0.3, -0.25) is 9.59 Å². The molecule has 4 aliphatic rings. The third-order valence-corrected chi connectivity index (χ3v) is 12.7. The van der Waals surface area contributed by atoms with E-state index in [1.807, 2.05) is 60.7 Å². The Hall–Kier alpha value is -2.66. The molecule has 2 amide bonds. The van der Waals surface area contributed by atoms with Crippen molar-refractivity contribution in [3.8, 4) is 0 Å². The summed E-state index contributed by atoms with van der Waals surface area (Å²) in [5.74, 6) is 1.23. The first kappa shape index (κ1) is 27.5. The molecule has 2 aromatic carbocycles. The highest BCUT2D eigenvalue weighted by molar-refractivity contribution is 5.87. The number of benzene rings is 2. The summed E-state index contributed by atoms with van der Waals surface area (Å²) in [5.41, 5.74) is 0.310. The molecular formula is C35H46N2O3. The van der Waals surface area contributed by atoms with Crippen LogP contribution in [0.15, 0.2) is 60.7 Å². The number of hydrogen-bond donors (Lipinski definition) is 3. The lowest BCUT2D eigenvalue weighted by atomic mass is 9.64. The summed E-state index contributed by atoms with van der Waals surface area (Å²) < 4.78 is 0. The lowest BCUT2D eigenvalue weighted by molar-refractivity contribution is -0.145. The Labute approximate surface area is 239 Å². The SMILES string of the molecule is C[C@@H]1C[C@@H]2CC[C@]1(C(=O)N[C@@H](c1ccccc1)[C@@H](NC(=O)[C@]13CC[C@@H](C[C@H]1O)C3(C)C)c1ccccc1)C2(C)C. The van der Waals surface area contributed by atoms with Gasteiger partial charge in [0, 0.05) is 0 Å². The van der Waals surface area contributed by atoms with Crippen LogP contribution in [0.5, 0.6) is 0 Å². The molecule has 0 spiro atoms. The van der Waals surface area contributed by atoms with Crippen molar-refractivity contribution >= 4 is 11.8 Å². The highest BCUT2D eigenvalue weighted by Gasteiger charge is 2.68. The summed E-state index contributed by atoms with van der Waals surface area (Å²) in [7, 11) is 0. The van der Waals surface area contributed by atoms with E-state index in [-0.39, 0.29) is 22.6 Å². The zero-order valence-electron chi connectivity index (χ0n) is 24.7. The van der Waals surface area contributed by atoms with E-state index < -0.39 is 29.0 Å². The fraction of sp³-hybridized carbons (Fsp3) is 0.600. The largest absolute Gasteiger partial charge is 0.392 e. The maximum Gasteiger partial charge on any atom is 0.229 e. The number of nitrogens with one attached hydrogen (secondary N) is 2. The fourth-order valence-corrected chi connectivity index (χ4v) is 10.1. The standard InChI is InChI=1S/C35H46N2O3/c1-22-20-25-16-18-34(22,32(25,2)3)30(39)36-28(23-12-8-6-9-13-23)29(24-14-10-7-11-15-24)37-31(40)35-19-17-26(21-27(35)38)33(35,4)5/h6-15,22,25-29,38H,16-21H2,1-5H3,(H,36,39)(H,37,40)/t22-,25+,26+,27-,28+,29+,34+,35+/m1/s1. The average molecular weight is 543 g/mol. The third-order valence-electron chi connectivity index (χ3n) is 12.7. The summed E-state index contributed by atoms with van der Waals surface area (Å²) in [6, 6.07) is 19.1. The van der Waals surface area contributed by atoms with Gasteiger partial charge >= 0.3 is 0 Å². The average Bonchev–Trinajstić information content (AvgIpc) is 3.50. The summed E-state index contributed by atoms with van der Waals surface area (Å²) in [6.07, 6.45) is 4.76.